The molecule has 0 saturated heterocycles. The maximum absolute atomic E-state index is 11.7. The summed E-state index contributed by atoms with van der Waals surface area (Å²) in [6.45, 7) is 1.95. The van der Waals surface area contributed by atoms with E-state index in [9.17, 15) is 9.59 Å². The van der Waals surface area contributed by atoms with E-state index >= 15 is 0 Å². The number of amides is 1. The highest BCUT2D eigenvalue weighted by Gasteiger charge is 2.21. The number of pyridine rings is 1. The van der Waals surface area contributed by atoms with Crippen molar-refractivity contribution in [3.63, 3.8) is 0 Å². The van der Waals surface area contributed by atoms with Crippen LogP contribution >= 0.6 is 15.9 Å². The maximum atomic E-state index is 11.7. The number of hydrogen-bond acceptors (Lipinski definition) is 5. The molecule has 0 fully saturated rings. The molecule has 0 atom stereocenters. The van der Waals surface area contributed by atoms with Gasteiger partial charge >= 0.3 is 5.97 Å². The van der Waals surface area contributed by atoms with Crippen LogP contribution in [0.3, 0.4) is 0 Å². The van der Waals surface area contributed by atoms with Gasteiger partial charge in [0.1, 0.15) is 5.70 Å². The second kappa shape index (κ2) is 5.18. The first kappa shape index (κ1) is 12.6. The van der Waals surface area contributed by atoms with Gasteiger partial charge in [0.25, 0.3) is 5.91 Å². The van der Waals surface area contributed by atoms with Gasteiger partial charge in [0.15, 0.2) is 5.82 Å². The number of carbonyl (C=O) groups excluding carboxylic acids is 2. The standard InChI is InChI=1S/C11H10BrN3O3/c1-2-18-9(16)4-8-11(17)15-7-3-6(12)5-13-10(7)14-8/h3-5H,2H2,1H3,(H,13,14)(H,15,17)/b8-4-. The number of nitrogens with one attached hydrogen (secondary N) is 2. The van der Waals surface area contributed by atoms with Crippen molar-refractivity contribution in [3.8, 4) is 0 Å². The van der Waals surface area contributed by atoms with Crippen molar-refractivity contribution in [3.05, 3.63) is 28.5 Å². The molecule has 1 aliphatic heterocycles. The first-order valence-corrected chi connectivity index (χ1v) is 6.02. The van der Waals surface area contributed by atoms with Crippen molar-refractivity contribution in [2.24, 2.45) is 0 Å². The lowest BCUT2D eigenvalue weighted by Gasteiger charge is -2.19. The second-order valence-corrected chi connectivity index (χ2v) is 4.35. The highest BCUT2D eigenvalue weighted by atomic mass is 79.9. The lowest BCUT2D eigenvalue weighted by atomic mass is 10.2. The fraction of sp³-hybridized carbons (Fsp3) is 0.182. The normalized spacial score (nSPS) is 15.7. The number of carbonyl (C=O) groups is 2. The van der Waals surface area contributed by atoms with E-state index in [-0.39, 0.29) is 12.3 Å². The Kier molecular flexibility index (Phi) is 3.61. The first-order chi connectivity index (χ1) is 8.60. The van der Waals surface area contributed by atoms with E-state index in [0.717, 1.165) is 10.5 Å². The molecular formula is C11H10BrN3O3. The van der Waals surface area contributed by atoms with Gasteiger partial charge in [0, 0.05) is 10.7 Å². The predicted molar refractivity (Wildman–Crippen MR) is 68.9 cm³/mol. The highest BCUT2D eigenvalue weighted by Crippen LogP contribution is 2.28. The highest BCUT2D eigenvalue weighted by molar-refractivity contribution is 9.10. The Bertz CT molecular complexity index is 542. The Morgan fingerprint density at radius 3 is 3.06 bits per heavy atom. The van der Waals surface area contributed by atoms with Crippen LogP contribution in [0.25, 0.3) is 0 Å². The summed E-state index contributed by atoms with van der Waals surface area (Å²) < 4.78 is 5.49. The summed E-state index contributed by atoms with van der Waals surface area (Å²) in [6, 6.07) is 1.72. The molecule has 94 valence electrons. The molecule has 1 aliphatic rings. The number of esters is 1. The maximum Gasteiger partial charge on any atom is 0.333 e. The van der Waals surface area contributed by atoms with Crippen LogP contribution in [-0.4, -0.2) is 23.5 Å². The number of rotatable bonds is 2. The van der Waals surface area contributed by atoms with Crippen molar-refractivity contribution in [1.29, 1.82) is 0 Å². The molecule has 1 amide bonds. The molecule has 0 aliphatic carbocycles. The summed E-state index contributed by atoms with van der Waals surface area (Å²) in [7, 11) is 0. The molecule has 0 unspecified atom stereocenters. The Morgan fingerprint density at radius 2 is 2.33 bits per heavy atom. The second-order valence-electron chi connectivity index (χ2n) is 3.44. The van der Waals surface area contributed by atoms with E-state index in [0.29, 0.717) is 11.5 Å². The number of anilines is 2. The zero-order valence-corrected chi connectivity index (χ0v) is 11.1. The van der Waals surface area contributed by atoms with Crippen LogP contribution in [-0.2, 0) is 14.3 Å². The summed E-state index contributed by atoms with van der Waals surface area (Å²) in [5, 5.41) is 5.41. The van der Waals surface area contributed by atoms with Crippen molar-refractivity contribution < 1.29 is 14.3 Å². The lowest BCUT2D eigenvalue weighted by Crippen LogP contribution is -2.27. The van der Waals surface area contributed by atoms with E-state index in [4.69, 9.17) is 4.74 Å². The quantitative estimate of drug-likeness (QED) is 0.641. The van der Waals surface area contributed by atoms with Gasteiger partial charge in [0.05, 0.1) is 18.4 Å². The number of nitrogens with zero attached hydrogens (tertiary/aromatic N) is 1. The topological polar surface area (TPSA) is 80.3 Å². The van der Waals surface area contributed by atoms with Gasteiger partial charge in [-0.2, -0.15) is 0 Å². The Balaban J connectivity index is 2.26. The summed E-state index contributed by atoms with van der Waals surface area (Å²) in [5.41, 5.74) is 0.658. The van der Waals surface area contributed by atoms with Crippen LogP contribution in [0, 0.1) is 0 Å². The van der Waals surface area contributed by atoms with Gasteiger partial charge in [-0.25, -0.2) is 9.78 Å². The largest absolute Gasteiger partial charge is 0.463 e. The van der Waals surface area contributed by atoms with E-state index in [2.05, 4.69) is 31.5 Å². The van der Waals surface area contributed by atoms with Crippen molar-refractivity contribution in [2.75, 3.05) is 17.2 Å². The zero-order valence-electron chi connectivity index (χ0n) is 9.49. The van der Waals surface area contributed by atoms with Crippen LogP contribution < -0.4 is 10.6 Å². The average Bonchev–Trinajstić information content (AvgIpc) is 2.31. The smallest absolute Gasteiger partial charge is 0.333 e. The van der Waals surface area contributed by atoms with E-state index in [1.54, 1.807) is 19.2 Å². The SMILES string of the molecule is CCOC(=O)/C=C1\Nc2ncc(Br)cc2NC1=O. The van der Waals surface area contributed by atoms with Crippen LogP contribution in [0.15, 0.2) is 28.5 Å². The minimum absolute atomic E-state index is 0.107. The Hall–Kier alpha value is -1.89. The Labute approximate surface area is 112 Å². The fourth-order valence-corrected chi connectivity index (χ4v) is 1.74. The van der Waals surface area contributed by atoms with Gasteiger partial charge < -0.3 is 15.4 Å². The first-order valence-electron chi connectivity index (χ1n) is 5.22. The molecule has 2 N–H and O–H groups in total. The van der Waals surface area contributed by atoms with E-state index in [1.807, 2.05) is 0 Å². The van der Waals surface area contributed by atoms with E-state index < -0.39 is 11.9 Å². The number of ether oxygens (including phenoxy) is 1. The monoisotopic (exact) mass is 311 g/mol. The molecule has 2 heterocycles. The summed E-state index contributed by atoms with van der Waals surface area (Å²) in [5.74, 6) is -0.500. The molecule has 0 aromatic carbocycles. The van der Waals surface area contributed by atoms with Crippen molar-refractivity contribution >= 4 is 39.3 Å². The third kappa shape index (κ3) is 2.67. The molecule has 1 aromatic rings. The molecule has 18 heavy (non-hydrogen) atoms. The number of hydrogen-bond donors (Lipinski definition) is 2. The molecule has 0 radical (unpaired) electrons. The average molecular weight is 312 g/mol. The third-order valence-corrected chi connectivity index (χ3v) is 2.58. The van der Waals surface area contributed by atoms with Gasteiger partial charge in [-0.05, 0) is 28.9 Å². The summed E-state index contributed by atoms with van der Waals surface area (Å²) >= 11 is 3.26. The summed E-state index contributed by atoms with van der Waals surface area (Å²) in [6.07, 6.45) is 2.69. The molecule has 0 bridgehead atoms. The van der Waals surface area contributed by atoms with Crippen molar-refractivity contribution in [2.45, 2.75) is 6.92 Å². The summed E-state index contributed by atoms with van der Waals surface area (Å²) in [4.78, 5) is 27.1. The van der Waals surface area contributed by atoms with Gasteiger partial charge in [-0.1, -0.05) is 0 Å². The molecular weight excluding hydrogens is 302 g/mol. The fourth-order valence-electron chi connectivity index (χ4n) is 1.41. The van der Waals surface area contributed by atoms with Gasteiger partial charge in [0.2, 0.25) is 0 Å². The molecule has 6 nitrogen and oxygen atoms in total. The predicted octanol–water partition coefficient (Wildman–Crippen LogP) is 1.66. The number of fused-ring (bicyclic) bond motifs is 1. The molecule has 0 saturated carbocycles. The minimum atomic E-state index is -0.573. The van der Waals surface area contributed by atoms with Crippen LogP contribution in [0.5, 0.6) is 0 Å². The molecule has 1 aromatic heterocycles. The van der Waals surface area contributed by atoms with Gasteiger partial charge in [-0.3, -0.25) is 4.79 Å². The number of aromatic nitrogens is 1. The van der Waals surface area contributed by atoms with Crippen molar-refractivity contribution in [1.82, 2.24) is 4.98 Å². The van der Waals surface area contributed by atoms with Crippen LogP contribution in [0.1, 0.15) is 6.92 Å². The van der Waals surface area contributed by atoms with Crippen LogP contribution in [0.4, 0.5) is 11.5 Å². The minimum Gasteiger partial charge on any atom is -0.463 e. The third-order valence-electron chi connectivity index (χ3n) is 2.15. The van der Waals surface area contributed by atoms with E-state index in [1.165, 1.54) is 0 Å². The molecule has 2 rings (SSSR count). The lowest BCUT2D eigenvalue weighted by molar-refractivity contribution is -0.137. The zero-order chi connectivity index (χ0) is 13.1. The number of halogens is 1. The molecule has 0 spiro atoms. The van der Waals surface area contributed by atoms with Crippen LogP contribution in [0.2, 0.25) is 0 Å². The molecule has 7 heteroatoms. The Morgan fingerprint density at radius 1 is 1.56 bits per heavy atom. The van der Waals surface area contributed by atoms with Gasteiger partial charge in [-0.15, -0.1) is 0 Å².